The fourth-order valence-electron chi connectivity index (χ4n) is 2.56. The van der Waals surface area contributed by atoms with Gasteiger partial charge in [-0.05, 0) is 56.5 Å². The highest BCUT2D eigenvalue weighted by Crippen LogP contribution is 2.39. The van der Waals surface area contributed by atoms with E-state index in [1.54, 1.807) is 20.1 Å². The molecular weight excluding hydrogens is 236 g/mol. The van der Waals surface area contributed by atoms with Crippen molar-refractivity contribution in [2.45, 2.75) is 38.7 Å². The monoisotopic (exact) mass is 255 g/mol. The molecule has 18 heavy (non-hydrogen) atoms. The first-order chi connectivity index (χ1) is 8.48. The predicted molar refractivity (Wildman–Crippen MR) is 67.4 cm³/mol. The van der Waals surface area contributed by atoms with Crippen LogP contribution in [0.5, 0.6) is 5.75 Å². The van der Waals surface area contributed by atoms with E-state index >= 15 is 0 Å². The number of hydrogen-bond acceptors (Lipinski definition) is 2. The molecule has 2 rings (SSSR count). The Bertz CT molecular complexity index is 440. The lowest BCUT2D eigenvalue weighted by Gasteiger charge is -2.26. The van der Waals surface area contributed by atoms with Crippen molar-refractivity contribution in [2.75, 3.05) is 13.7 Å². The van der Waals surface area contributed by atoms with Gasteiger partial charge in [-0.15, -0.1) is 0 Å². The maximum atomic E-state index is 14.4. The van der Waals surface area contributed by atoms with Crippen LogP contribution in [-0.4, -0.2) is 19.7 Å². The number of hydrogen-bond donors (Lipinski definition) is 1. The van der Waals surface area contributed by atoms with Gasteiger partial charge in [-0.1, -0.05) is 0 Å². The summed E-state index contributed by atoms with van der Waals surface area (Å²) in [5, 5.41) is 2.89. The van der Waals surface area contributed by atoms with Gasteiger partial charge in [-0.2, -0.15) is 8.78 Å². The SMILES string of the molecule is COc1ccc(C(F)(F)C2CCCN2)c(C)c1C. The van der Waals surface area contributed by atoms with Crippen molar-refractivity contribution in [3.63, 3.8) is 0 Å². The summed E-state index contributed by atoms with van der Waals surface area (Å²) in [6, 6.07) is 2.37. The number of methoxy groups -OCH3 is 1. The minimum Gasteiger partial charge on any atom is -0.496 e. The smallest absolute Gasteiger partial charge is 0.288 e. The predicted octanol–water partition coefficient (Wildman–Crippen LogP) is 3.16. The lowest BCUT2D eigenvalue weighted by atomic mass is 9.93. The maximum absolute atomic E-state index is 14.4. The molecule has 0 aliphatic carbocycles. The zero-order valence-corrected chi connectivity index (χ0v) is 11.0. The Labute approximate surface area is 106 Å². The summed E-state index contributed by atoms with van der Waals surface area (Å²) in [6.45, 7) is 4.22. The molecule has 1 saturated heterocycles. The summed E-state index contributed by atoms with van der Waals surface area (Å²) in [6.07, 6.45) is 1.34. The van der Waals surface area contributed by atoms with Gasteiger partial charge in [-0.25, -0.2) is 0 Å². The number of nitrogens with one attached hydrogen (secondary N) is 1. The molecule has 1 aromatic rings. The molecule has 1 aliphatic heterocycles. The average Bonchev–Trinajstić information content (AvgIpc) is 2.86. The zero-order valence-electron chi connectivity index (χ0n) is 11.0. The summed E-state index contributed by atoms with van der Waals surface area (Å²) in [5.74, 6) is -2.16. The molecule has 0 saturated carbocycles. The van der Waals surface area contributed by atoms with Crippen molar-refractivity contribution < 1.29 is 13.5 Å². The summed E-state index contributed by atoms with van der Waals surface area (Å²) in [5.41, 5.74) is 1.51. The molecule has 1 atom stereocenters. The van der Waals surface area contributed by atoms with Crippen molar-refractivity contribution in [1.29, 1.82) is 0 Å². The van der Waals surface area contributed by atoms with E-state index in [9.17, 15) is 8.78 Å². The van der Waals surface area contributed by atoms with Gasteiger partial charge in [-0.3, -0.25) is 0 Å². The second kappa shape index (κ2) is 4.84. The van der Waals surface area contributed by atoms with Gasteiger partial charge in [0, 0.05) is 5.56 Å². The van der Waals surface area contributed by atoms with E-state index in [0.29, 0.717) is 24.3 Å². The molecule has 4 heteroatoms. The van der Waals surface area contributed by atoms with E-state index in [1.807, 2.05) is 6.92 Å². The summed E-state index contributed by atoms with van der Waals surface area (Å²) >= 11 is 0. The van der Waals surface area contributed by atoms with Gasteiger partial charge in [0.1, 0.15) is 5.75 Å². The third-order valence-electron chi connectivity index (χ3n) is 3.81. The van der Waals surface area contributed by atoms with Crippen LogP contribution < -0.4 is 10.1 Å². The van der Waals surface area contributed by atoms with Gasteiger partial charge in [0.05, 0.1) is 13.2 Å². The first-order valence-corrected chi connectivity index (χ1v) is 6.24. The third kappa shape index (κ3) is 2.09. The second-order valence-electron chi connectivity index (χ2n) is 4.84. The van der Waals surface area contributed by atoms with Crippen LogP contribution in [0.25, 0.3) is 0 Å². The van der Waals surface area contributed by atoms with Gasteiger partial charge in [0.15, 0.2) is 0 Å². The van der Waals surface area contributed by atoms with E-state index < -0.39 is 12.0 Å². The highest BCUT2D eigenvalue weighted by molar-refractivity contribution is 5.45. The molecule has 1 aliphatic rings. The van der Waals surface area contributed by atoms with Crippen molar-refractivity contribution in [3.05, 3.63) is 28.8 Å². The molecule has 0 bridgehead atoms. The molecule has 1 heterocycles. The first kappa shape index (κ1) is 13.3. The van der Waals surface area contributed by atoms with Crippen LogP contribution >= 0.6 is 0 Å². The molecule has 1 N–H and O–H groups in total. The number of rotatable bonds is 3. The molecule has 0 amide bonds. The molecule has 0 aromatic heterocycles. The molecule has 1 aromatic carbocycles. The fraction of sp³-hybridized carbons (Fsp3) is 0.571. The summed E-state index contributed by atoms with van der Waals surface area (Å²) in [7, 11) is 1.55. The fourth-order valence-corrected chi connectivity index (χ4v) is 2.56. The van der Waals surface area contributed by atoms with Crippen LogP contribution in [-0.2, 0) is 5.92 Å². The Morgan fingerprint density at radius 3 is 2.56 bits per heavy atom. The number of halogens is 2. The van der Waals surface area contributed by atoms with Crippen LogP contribution in [0.3, 0.4) is 0 Å². The number of benzene rings is 1. The highest BCUT2D eigenvalue weighted by Gasteiger charge is 2.43. The van der Waals surface area contributed by atoms with Crippen molar-refractivity contribution in [3.8, 4) is 5.75 Å². The van der Waals surface area contributed by atoms with E-state index in [1.165, 1.54) is 6.07 Å². The minimum absolute atomic E-state index is 0.111. The Kier molecular flexibility index (Phi) is 3.57. The number of ether oxygens (including phenoxy) is 1. The Hall–Kier alpha value is -1.16. The van der Waals surface area contributed by atoms with Gasteiger partial charge >= 0.3 is 0 Å². The van der Waals surface area contributed by atoms with E-state index in [2.05, 4.69) is 5.32 Å². The molecule has 1 fully saturated rings. The minimum atomic E-state index is -2.82. The summed E-state index contributed by atoms with van der Waals surface area (Å²) < 4.78 is 34.0. The van der Waals surface area contributed by atoms with Crippen molar-refractivity contribution in [2.24, 2.45) is 0 Å². The van der Waals surface area contributed by atoms with Gasteiger partial charge < -0.3 is 10.1 Å². The van der Waals surface area contributed by atoms with E-state index in [-0.39, 0.29) is 5.56 Å². The average molecular weight is 255 g/mol. The Balaban J connectivity index is 2.41. The Morgan fingerprint density at radius 2 is 2.00 bits per heavy atom. The largest absolute Gasteiger partial charge is 0.496 e. The Morgan fingerprint density at radius 1 is 1.28 bits per heavy atom. The van der Waals surface area contributed by atoms with Gasteiger partial charge in [0.25, 0.3) is 5.92 Å². The van der Waals surface area contributed by atoms with Crippen molar-refractivity contribution >= 4 is 0 Å². The third-order valence-corrected chi connectivity index (χ3v) is 3.81. The maximum Gasteiger partial charge on any atom is 0.288 e. The zero-order chi connectivity index (χ0) is 13.3. The van der Waals surface area contributed by atoms with Crippen LogP contribution in [0.1, 0.15) is 29.5 Å². The lowest BCUT2D eigenvalue weighted by molar-refractivity contribution is -0.0382. The molecule has 100 valence electrons. The number of alkyl halides is 2. The first-order valence-electron chi connectivity index (χ1n) is 6.24. The molecule has 2 nitrogen and oxygen atoms in total. The van der Waals surface area contributed by atoms with Crippen LogP contribution in [0.4, 0.5) is 8.78 Å². The van der Waals surface area contributed by atoms with E-state index in [0.717, 1.165) is 12.0 Å². The molecule has 0 radical (unpaired) electrons. The molecule has 1 unspecified atom stereocenters. The lowest BCUT2D eigenvalue weighted by Crippen LogP contribution is -2.39. The topological polar surface area (TPSA) is 21.3 Å². The van der Waals surface area contributed by atoms with Crippen LogP contribution in [0, 0.1) is 13.8 Å². The summed E-state index contributed by atoms with van der Waals surface area (Å²) in [4.78, 5) is 0. The van der Waals surface area contributed by atoms with Gasteiger partial charge in [0.2, 0.25) is 0 Å². The standard InChI is InChI=1S/C14H19F2NO/c1-9-10(2)12(18-3)7-6-11(9)14(15,16)13-5-4-8-17-13/h6-7,13,17H,4-5,8H2,1-3H3. The second-order valence-corrected chi connectivity index (χ2v) is 4.84. The van der Waals surface area contributed by atoms with E-state index in [4.69, 9.17) is 4.74 Å². The van der Waals surface area contributed by atoms with Crippen LogP contribution in [0.2, 0.25) is 0 Å². The van der Waals surface area contributed by atoms with Crippen LogP contribution in [0.15, 0.2) is 12.1 Å². The normalized spacial score (nSPS) is 20.2. The highest BCUT2D eigenvalue weighted by atomic mass is 19.3. The molecular formula is C14H19F2NO. The molecule has 0 spiro atoms. The quantitative estimate of drug-likeness (QED) is 0.895. The van der Waals surface area contributed by atoms with Crippen molar-refractivity contribution in [1.82, 2.24) is 5.32 Å².